The van der Waals surface area contributed by atoms with Crippen LogP contribution in [-0.4, -0.2) is 5.91 Å². The zero-order valence-electron chi connectivity index (χ0n) is 16.3. The monoisotopic (exact) mass is 381 g/mol. The summed E-state index contributed by atoms with van der Waals surface area (Å²) in [6.45, 7) is 7.39. The summed E-state index contributed by atoms with van der Waals surface area (Å²) in [5, 5.41) is 6.16. The number of aryl methyl sites for hydroxylation is 2. The molecule has 7 heteroatoms. The Hall–Kier alpha value is -3.35. The first-order chi connectivity index (χ1) is 13.2. The van der Waals surface area contributed by atoms with Gasteiger partial charge in [0.2, 0.25) is 5.91 Å². The van der Waals surface area contributed by atoms with E-state index in [4.69, 9.17) is 10.2 Å². The summed E-state index contributed by atoms with van der Waals surface area (Å²) >= 11 is 0. The van der Waals surface area contributed by atoms with E-state index >= 15 is 0 Å². The molecule has 146 valence electrons. The summed E-state index contributed by atoms with van der Waals surface area (Å²) in [5.74, 6) is 0.915. The zero-order chi connectivity index (χ0) is 20.6. The van der Waals surface area contributed by atoms with Gasteiger partial charge in [0, 0.05) is 11.3 Å². The Morgan fingerprint density at radius 2 is 1.71 bits per heavy atom. The van der Waals surface area contributed by atoms with E-state index in [1.807, 2.05) is 32.9 Å². The Labute approximate surface area is 162 Å². The van der Waals surface area contributed by atoms with Gasteiger partial charge in [0.1, 0.15) is 22.9 Å². The van der Waals surface area contributed by atoms with Crippen molar-refractivity contribution >= 4 is 23.0 Å². The number of hydrogen-bond donors (Lipinski definition) is 3. The maximum Gasteiger partial charge on any atom is 0.253 e. The summed E-state index contributed by atoms with van der Waals surface area (Å²) in [4.78, 5) is 36.0. The maximum absolute atomic E-state index is 12.2. The molecule has 0 aliphatic rings. The highest BCUT2D eigenvalue weighted by atomic mass is 16.3. The summed E-state index contributed by atoms with van der Waals surface area (Å²) in [7, 11) is 0. The minimum absolute atomic E-state index is 0.180. The molecular formula is C21H23N3O4. The second-order valence-electron chi connectivity index (χ2n) is 6.88. The Morgan fingerprint density at radius 1 is 1.04 bits per heavy atom. The number of primary amides is 1. The molecule has 1 amide bonds. The minimum atomic E-state index is -0.601. The van der Waals surface area contributed by atoms with Gasteiger partial charge < -0.3 is 20.8 Å². The first kappa shape index (κ1) is 19.4. The molecule has 7 nitrogen and oxygen atoms in total. The maximum atomic E-state index is 12.2. The largest absolute Gasteiger partial charge is 0.464 e. The number of rotatable bonds is 7. The van der Waals surface area contributed by atoms with Crippen molar-refractivity contribution in [1.29, 1.82) is 0 Å². The van der Waals surface area contributed by atoms with Gasteiger partial charge in [0.05, 0.1) is 6.04 Å². The second-order valence-corrected chi connectivity index (χ2v) is 6.88. The third-order valence-electron chi connectivity index (χ3n) is 4.93. The van der Waals surface area contributed by atoms with Gasteiger partial charge in [0.15, 0.2) is 0 Å². The molecule has 3 aromatic rings. The fraction of sp³-hybridized carbons (Fsp3) is 0.286. The van der Waals surface area contributed by atoms with Gasteiger partial charge in [-0.05, 0) is 56.5 Å². The lowest BCUT2D eigenvalue weighted by Gasteiger charge is -2.22. The van der Waals surface area contributed by atoms with Gasteiger partial charge in [-0.15, -0.1) is 0 Å². The van der Waals surface area contributed by atoms with Crippen LogP contribution >= 0.6 is 0 Å². The topological polar surface area (TPSA) is 114 Å². The molecule has 1 atom stereocenters. The van der Waals surface area contributed by atoms with E-state index in [1.165, 1.54) is 0 Å². The lowest BCUT2D eigenvalue weighted by Crippen LogP contribution is -2.37. The van der Waals surface area contributed by atoms with Gasteiger partial charge in [-0.1, -0.05) is 13.0 Å². The molecule has 0 bridgehead atoms. The number of amides is 1. The van der Waals surface area contributed by atoms with E-state index in [-0.39, 0.29) is 17.4 Å². The first-order valence-corrected chi connectivity index (χ1v) is 9.07. The van der Waals surface area contributed by atoms with Crippen LogP contribution in [0.15, 0.2) is 38.3 Å². The van der Waals surface area contributed by atoms with Crippen LogP contribution in [0.3, 0.4) is 0 Å². The molecule has 3 rings (SSSR count). The summed E-state index contributed by atoms with van der Waals surface area (Å²) in [5.41, 5.74) is 7.04. The number of nitrogens with two attached hydrogens (primary N) is 1. The van der Waals surface area contributed by atoms with Crippen molar-refractivity contribution in [2.75, 3.05) is 10.6 Å². The molecule has 0 saturated heterocycles. The summed E-state index contributed by atoms with van der Waals surface area (Å²) < 4.78 is 5.65. The predicted octanol–water partition coefficient (Wildman–Crippen LogP) is 3.21. The normalized spacial score (nSPS) is 12.1. The van der Waals surface area contributed by atoms with E-state index < -0.39 is 16.8 Å². The minimum Gasteiger partial charge on any atom is -0.464 e. The fourth-order valence-electron chi connectivity index (χ4n) is 3.27. The fourth-order valence-corrected chi connectivity index (χ4v) is 3.27. The number of furan rings is 1. The Morgan fingerprint density at radius 3 is 2.29 bits per heavy atom. The Kier molecular flexibility index (Phi) is 5.09. The molecule has 0 aliphatic heterocycles. The molecule has 2 aromatic carbocycles. The molecule has 1 unspecified atom stereocenters. The average molecular weight is 381 g/mol. The SMILES string of the molecule is CCC(Nc1c(Nc2c(C)ccc(C(N)=O)c2C)c(=O)c1=O)c1ccc(C)o1. The van der Waals surface area contributed by atoms with Crippen molar-refractivity contribution in [2.45, 2.75) is 40.2 Å². The van der Waals surface area contributed by atoms with Gasteiger partial charge in [0.25, 0.3) is 10.9 Å². The second kappa shape index (κ2) is 7.34. The van der Waals surface area contributed by atoms with Crippen LogP contribution in [0.4, 0.5) is 17.1 Å². The number of benzene rings is 1. The zero-order valence-corrected chi connectivity index (χ0v) is 16.3. The lowest BCUT2D eigenvalue weighted by molar-refractivity contribution is 0.1000. The van der Waals surface area contributed by atoms with Crippen LogP contribution in [0.5, 0.6) is 0 Å². The van der Waals surface area contributed by atoms with Crippen LogP contribution in [0, 0.1) is 20.8 Å². The molecule has 0 radical (unpaired) electrons. The van der Waals surface area contributed by atoms with Crippen LogP contribution in [0.1, 0.15) is 52.4 Å². The molecule has 4 N–H and O–H groups in total. The van der Waals surface area contributed by atoms with Crippen LogP contribution in [0.2, 0.25) is 0 Å². The van der Waals surface area contributed by atoms with E-state index in [9.17, 15) is 14.4 Å². The molecule has 0 saturated carbocycles. The van der Waals surface area contributed by atoms with E-state index in [0.29, 0.717) is 29.0 Å². The Bertz CT molecular complexity index is 1120. The average Bonchev–Trinajstić information content (AvgIpc) is 3.08. The van der Waals surface area contributed by atoms with Crippen molar-refractivity contribution in [1.82, 2.24) is 0 Å². The number of carbonyl (C=O) groups is 1. The van der Waals surface area contributed by atoms with E-state index in [1.54, 1.807) is 19.1 Å². The van der Waals surface area contributed by atoms with Crippen molar-refractivity contribution in [3.05, 3.63) is 72.9 Å². The number of hydrogen-bond acceptors (Lipinski definition) is 6. The molecule has 0 fully saturated rings. The Balaban J connectivity index is 1.95. The van der Waals surface area contributed by atoms with Gasteiger partial charge >= 0.3 is 0 Å². The number of anilines is 3. The number of nitrogens with one attached hydrogen (secondary N) is 2. The first-order valence-electron chi connectivity index (χ1n) is 9.07. The molecule has 0 aliphatic carbocycles. The highest BCUT2D eigenvalue weighted by Crippen LogP contribution is 2.31. The van der Waals surface area contributed by atoms with Gasteiger partial charge in [-0.3, -0.25) is 14.4 Å². The number of carbonyl (C=O) groups excluding carboxylic acids is 1. The third kappa shape index (κ3) is 3.31. The van der Waals surface area contributed by atoms with E-state index in [2.05, 4.69) is 10.6 Å². The predicted molar refractivity (Wildman–Crippen MR) is 109 cm³/mol. The van der Waals surface area contributed by atoms with Crippen LogP contribution in [-0.2, 0) is 0 Å². The molecule has 28 heavy (non-hydrogen) atoms. The van der Waals surface area contributed by atoms with Crippen molar-refractivity contribution in [3.63, 3.8) is 0 Å². The smallest absolute Gasteiger partial charge is 0.253 e. The van der Waals surface area contributed by atoms with Crippen LogP contribution in [0.25, 0.3) is 0 Å². The highest BCUT2D eigenvalue weighted by Gasteiger charge is 2.26. The van der Waals surface area contributed by atoms with Crippen molar-refractivity contribution < 1.29 is 9.21 Å². The van der Waals surface area contributed by atoms with Crippen molar-refractivity contribution in [3.8, 4) is 0 Å². The molecule has 1 heterocycles. The van der Waals surface area contributed by atoms with E-state index in [0.717, 1.165) is 11.3 Å². The van der Waals surface area contributed by atoms with Crippen LogP contribution < -0.4 is 27.2 Å². The molecule has 0 spiro atoms. The summed E-state index contributed by atoms with van der Waals surface area (Å²) in [6, 6.07) is 6.85. The standard InChI is InChI=1S/C21H23N3O4/c1-5-14(15-9-7-11(3)28-15)23-17-18(20(26)19(17)25)24-16-10(2)6-8-13(12(16)4)21(22)27/h6-9,14,23-24H,5H2,1-4H3,(H2,22,27). The lowest BCUT2D eigenvalue weighted by atomic mass is 10.0. The molecular weight excluding hydrogens is 358 g/mol. The third-order valence-corrected chi connectivity index (χ3v) is 4.93. The molecule has 1 aromatic heterocycles. The quantitative estimate of drug-likeness (QED) is 0.542. The van der Waals surface area contributed by atoms with Crippen molar-refractivity contribution in [2.24, 2.45) is 5.73 Å². The van der Waals surface area contributed by atoms with Gasteiger partial charge in [-0.2, -0.15) is 0 Å². The van der Waals surface area contributed by atoms with Gasteiger partial charge in [-0.25, -0.2) is 0 Å². The summed E-state index contributed by atoms with van der Waals surface area (Å²) in [6.07, 6.45) is 0.667. The highest BCUT2D eigenvalue weighted by molar-refractivity contribution is 5.96.